The number of carboxylic acids is 1. The van der Waals surface area contributed by atoms with Crippen LogP contribution in [0.4, 0.5) is 0 Å². The van der Waals surface area contributed by atoms with Gasteiger partial charge in [-0.25, -0.2) is 0 Å². The van der Waals surface area contributed by atoms with E-state index in [0.29, 0.717) is 13.0 Å². The number of hydrogen-bond acceptors (Lipinski definition) is 3. The fraction of sp³-hybridized carbons (Fsp3) is 0.846. The number of carbonyl (C=O) groups is 2. The summed E-state index contributed by atoms with van der Waals surface area (Å²) in [5.74, 6) is -1.02. The molecule has 2 atom stereocenters. The number of hydrogen-bond donors (Lipinski definition) is 1. The molecule has 1 aliphatic rings. The summed E-state index contributed by atoms with van der Waals surface area (Å²) in [4.78, 5) is 26.9. The van der Waals surface area contributed by atoms with Gasteiger partial charge in [0.25, 0.3) is 0 Å². The van der Waals surface area contributed by atoms with Crippen LogP contribution in [0.5, 0.6) is 0 Å². The Morgan fingerprint density at radius 2 is 1.89 bits per heavy atom. The van der Waals surface area contributed by atoms with Gasteiger partial charge in [0.1, 0.15) is 0 Å². The largest absolute Gasteiger partial charge is 0.481 e. The Morgan fingerprint density at radius 1 is 1.32 bits per heavy atom. The van der Waals surface area contributed by atoms with Crippen molar-refractivity contribution in [3.8, 4) is 0 Å². The van der Waals surface area contributed by atoms with E-state index in [0.717, 1.165) is 13.0 Å². The molecule has 1 saturated heterocycles. The highest BCUT2D eigenvalue weighted by atomic mass is 35.5. The zero-order valence-corrected chi connectivity index (χ0v) is 12.9. The number of halogens is 1. The Bertz CT molecular complexity index is 323. The van der Waals surface area contributed by atoms with Crippen LogP contribution in [-0.4, -0.2) is 59.0 Å². The molecule has 1 aliphatic heterocycles. The van der Waals surface area contributed by atoms with Crippen LogP contribution < -0.4 is 0 Å². The molecule has 0 spiro atoms. The predicted molar refractivity (Wildman–Crippen MR) is 76.5 cm³/mol. The highest BCUT2D eigenvalue weighted by Gasteiger charge is 2.32. The Balaban J connectivity index is 0.00000324. The molecule has 0 aromatic carbocycles. The van der Waals surface area contributed by atoms with Crippen LogP contribution in [0.2, 0.25) is 0 Å². The zero-order valence-electron chi connectivity index (χ0n) is 12.1. The van der Waals surface area contributed by atoms with E-state index in [2.05, 4.69) is 0 Å². The van der Waals surface area contributed by atoms with Gasteiger partial charge in [-0.2, -0.15) is 0 Å². The molecule has 0 saturated carbocycles. The van der Waals surface area contributed by atoms with Crippen molar-refractivity contribution >= 4 is 24.3 Å². The lowest BCUT2D eigenvalue weighted by molar-refractivity contribution is -0.146. The van der Waals surface area contributed by atoms with E-state index < -0.39 is 5.97 Å². The molecule has 1 fully saturated rings. The number of aliphatic carboxylic acids is 1. The number of likely N-dealkylation sites (N-methyl/N-ethyl adjacent to an activating group) is 1. The van der Waals surface area contributed by atoms with Crippen molar-refractivity contribution in [1.29, 1.82) is 0 Å². The first-order valence-corrected chi connectivity index (χ1v) is 6.58. The monoisotopic (exact) mass is 292 g/mol. The molecular formula is C13H25ClN2O3. The zero-order chi connectivity index (χ0) is 13.9. The van der Waals surface area contributed by atoms with Crippen LogP contribution in [0.3, 0.4) is 0 Å². The molecular weight excluding hydrogens is 268 g/mol. The van der Waals surface area contributed by atoms with E-state index in [1.807, 2.05) is 25.7 Å². The molecule has 6 heteroatoms. The Morgan fingerprint density at radius 3 is 2.37 bits per heavy atom. The van der Waals surface area contributed by atoms with Crippen LogP contribution in [0, 0.1) is 5.92 Å². The van der Waals surface area contributed by atoms with E-state index >= 15 is 0 Å². The Kier molecular flexibility index (Phi) is 7.37. The van der Waals surface area contributed by atoms with Crippen molar-refractivity contribution in [3.05, 3.63) is 0 Å². The van der Waals surface area contributed by atoms with Gasteiger partial charge in [0, 0.05) is 19.6 Å². The van der Waals surface area contributed by atoms with Crippen molar-refractivity contribution in [3.63, 3.8) is 0 Å². The standard InChI is InChI=1S/C13H24N2O3.ClH/c1-9(2)14(4)12(16)10(3)15-7-5-6-11(8-15)13(17)18;/h9-11H,5-8H2,1-4H3,(H,17,18);1H. The number of amides is 1. The lowest BCUT2D eigenvalue weighted by Crippen LogP contribution is -2.51. The molecule has 19 heavy (non-hydrogen) atoms. The molecule has 0 aliphatic carbocycles. The van der Waals surface area contributed by atoms with Crippen LogP contribution in [0.15, 0.2) is 0 Å². The second kappa shape index (κ2) is 7.70. The summed E-state index contributed by atoms with van der Waals surface area (Å²) in [6.45, 7) is 7.10. The van der Waals surface area contributed by atoms with Crippen molar-refractivity contribution in [2.45, 2.75) is 45.7 Å². The summed E-state index contributed by atoms with van der Waals surface area (Å²) in [5.41, 5.74) is 0. The number of likely N-dealkylation sites (tertiary alicyclic amines) is 1. The van der Waals surface area contributed by atoms with Gasteiger partial charge < -0.3 is 10.0 Å². The highest BCUT2D eigenvalue weighted by molar-refractivity contribution is 5.85. The summed E-state index contributed by atoms with van der Waals surface area (Å²) in [7, 11) is 1.79. The van der Waals surface area contributed by atoms with Gasteiger partial charge in [0.15, 0.2) is 0 Å². The third-order valence-electron chi connectivity index (χ3n) is 3.83. The first-order valence-electron chi connectivity index (χ1n) is 6.58. The topological polar surface area (TPSA) is 60.9 Å². The van der Waals surface area contributed by atoms with Gasteiger partial charge in [-0.1, -0.05) is 0 Å². The smallest absolute Gasteiger partial charge is 0.307 e. The van der Waals surface area contributed by atoms with Crippen molar-refractivity contribution < 1.29 is 14.7 Å². The number of carbonyl (C=O) groups excluding carboxylic acids is 1. The average molecular weight is 293 g/mol. The van der Waals surface area contributed by atoms with Crippen molar-refractivity contribution in [1.82, 2.24) is 9.80 Å². The summed E-state index contributed by atoms with van der Waals surface area (Å²) < 4.78 is 0. The molecule has 1 amide bonds. The fourth-order valence-corrected chi connectivity index (χ4v) is 2.27. The minimum Gasteiger partial charge on any atom is -0.481 e. The SMILES string of the molecule is CC(C(=O)N(C)C(C)C)N1CCCC(C(=O)O)C1.Cl. The molecule has 1 heterocycles. The normalized spacial score (nSPS) is 21.6. The van der Waals surface area contributed by atoms with E-state index in [1.165, 1.54) is 0 Å². The summed E-state index contributed by atoms with van der Waals surface area (Å²) in [5, 5.41) is 9.05. The second-order valence-corrected chi connectivity index (χ2v) is 5.39. The second-order valence-electron chi connectivity index (χ2n) is 5.39. The maximum absolute atomic E-state index is 12.2. The van der Waals surface area contributed by atoms with Crippen molar-refractivity contribution in [2.75, 3.05) is 20.1 Å². The minimum absolute atomic E-state index is 0. The molecule has 2 unspecified atom stereocenters. The molecule has 5 nitrogen and oxygen atoms in total. The van der Waals surface area contributed by atoms with Crippen LogP contribution in [0.25, 0.3) is 0 Å². The maximum atomic E-state index is 12.2. The maximum Gasteiger partial charge on any atom is 0.307 e. The van der Waals surface area contributed by atoms with E-state index in [9.17, 15) is 9.59 Å². The Labute approximate surface area is 121 Å². The quantitative estimate of drug-likeness (QED) is 0.852. The first kappa shape index (κ1) is 18.2. The van der Waals surface area contributed by atoms with Gasteiger partial charge in [-0.15, -0.1) is 12.4 Å². The summed E-state index contributed by atoms with van der Waals surface area (Å²) in [6.07, 6.45) is 1.56. The fourth-order valence-electron chi connectivity index (χ4n) is 2.27. The van der Waals surface area contributed by atoms with Crippen molar-refractivity contribution in [2.24, 2.45) is 5.92 Å². The average Bonchev–Trinajstić information content (AvgIpc) is 2.36. The van der Waals surface area contributed by atoms with Gasteiger partial charge in [-0.05, 0) is 40.2 Å². The molecule has 1 N–H and O–H groups in total. The number of piperidine rings is 1. The van der Waals surface area contributed by atoms with Crippen LogP contribution in [-0.2, 0) is 9.59 Å². The van der Waals surface area contributed by atoms with E-state index in [-0.39, 0.29) is 36.3 Å². The van der Waals surface area contributed by atoms with E-state index in [4.69, 9.17) is 5.11 Å². The van der Waals surface area contributed by atoms with Gasteiger partial charge in [-0.3, -0.25) is 14.5 Å². The van der Waals surface area contributed by atoms with Crippen LogP contribution >= 0.6 is 12.4 Å². The first-order chi connectivity index (χ1) is 8.34. The summed E-state index contributed by atoms with van der Waals surface area (Å²) >= 11 is 0. The highest BCUT2D eigenvalue weighted by Crippen LogP contribution is 2.19. The third kappa shape index (κ3) is 4.66. The van der Waals surface area contributed by atoms with Gasteiger partial charge in [0.2, 0.25) is 5.91 Å². The molecule has 0 aromatic heterocycles. The minimum atomic E-state index is -0.753. The third-order valence-corrected chi connectivity index (χ3v) is 3.83. The lowest BCUT2D eigenvalue weighted by Gasteiger charge is -2.36. The Hall–Kier alpha value is -0.810. The molecule has 1 rings (SSSR count). The number of nitrogens with zero attached hydrogens (tertiary/aromatic N) is 2. The number of rotatable bonds is 4. The summed E-state index contributed by atoms with van der Waals surface area (Å²) in [6, 6.07) is -0.0699. The van der Waals surface area contributed by atoms with E-state index in [1.54, 1.807) is 11.9 Å². The molecule has 112 valence electrons. The van der Waals surface area contributed by atoms with Gasteiger partial charge in [0.05, 0.1) is 12.0 Å². The molecule has 0 radical (unpaired) electrons. The molecule has 0 bridgehead atoms. The van der Waals surface area contributed by atoms with Gasteiger partial charge >= 0.3 is 5.97 Å². The van der Waals surface area contributed by atoms with Crippen LogP contribution in [0.1, 0.15) is 33.6 Å². The lowest BCUT2D eigenvalue weighted by atomic mass is 9.97. The predicted octanol–water partition coefficient (Wildman–Crippen LogP) is 1.46. The molecule has 0 aromatic rings. The number of carboxylic acid groups (broad SMARTS) is 1.